The average molecular weight is 407 g/mol. The van der Waals surface area contributed by atoms with E-state index in [1.807, 2.05) is 5.32 Å². The first-order valence-corrected chi connectivity index (χ1v) is 7.93. The highest BCUT2D eigenvalue weighted by atomic mass is 19.4. The van der Waals surface area contributed by atoms with E-state index in [1.165, 1.54) is 6.07 Å². The Labute approximate surface area is 155 Å². The molecule has 0 aliphatic carbocycles. The molecule has 0 aliphatic heterocycles. The van der Waals surface area contributed by atoms with E-state index in [-0.39, 0.29) is 12.0 Å². The Morgan fingerprint density at radius 2 is 1.57 bits per heavy atom. The molecular weight excluding hydrogens is 392 g/mol. The first-order valence-electron chi connectivity index (χ1n) is 7.93. The third-order valence-corrected chi connectivity index (χ3v) is 3.68. The maximum Gasteiger partial charge on any atom is 0.416 e. The minimum atomic E-state index is -5.03. The molecule has 11 heteroatoms. The molecule has 1 heterocycles. The van der Waals surface area contributed by atoms with Crippen molar-refractivity contribution in [3.63, 3.8) is 0 Å². The van der Waals surface area contributed by atoms with Crippen LogP contribution in [-0.4, -0.2) is 15.5 Å². The average Bonchev–Trinajstić information content (AvgIpc) is 2.54. The minimum Gasteiger partial charge on any atom is -0.325 e. The Morgan fingerprint density at radius 3 is 2.00 bits per heavy atom. The largest absolute Gasteiger partial charge is 0.416 e. The second-order valence-electron chi connectivity index (χ2n) is 6.28. The van der Waals surface area contributed by atoms with Crippen LogP contribution in [0.4, 0.5) is 32.0 Å². The van der Waals surface area contributed by atoms with Crippen molar-refractivity contribution < 1.29 is 31.1 Å². The number of nitrogens with one attached hydrogen (secondary N) is 1. The molecule has 0 aliphatic rings. The maximum absolute atomic E-state index is 12.8. The van der Waals surface area contributed by atoms with Gasteiger partial charge in [0.15, 0.2) is 0 Å². The van der Waals surface area contributed by atoms with Crippen molar-refractivity contribution in [3.05, 3.63) is 57.8 Å². The molecule has 0 saturated heterocycles. The monoisotopic (exact) mass is 407 g/mol. The molecule has 5 nitrogen and oxygen atoms in total. The number of carbonyl (C=O) groups excluding carboxylic acids is 1. The molecule has 0 bridgehead atoms. The molecule has 1 N–H and O–H groups in total. The summed E-state index contributed by atoms with van der Waals surface area (Å²) in [5.74, 6) is -1.02. The van der Waals surface area contributed by atoms with Crippen molar-refractivity contribution in [2.24, 2.45) is 0 Å². The van der Waals surface area contributed by atoms with Gasteiger partial charge in [0.25, 0.3) is 5.56 Å². The van der Waals surface area contributed by atoms with Gasteiger partial charge < -0.3 is 5.32 Å². The highest BCUT2D eigenvalue weighted by Crippen LogP contribution is 2.37. The summed E-state index contributed by atoms with van der Waals surface area (Å²) in [5, 5.41) is 1.95. The van der Waals surface area contributed by atoms with E-state index in [2.05, 4.69) is 4.98 Å². The van der Waals surface area contributed by atoms with Gasteiger partial charge in [-0.05, 0) is 24.1 Å². The summed E-state index contributed by atoms with van der Waals surface area (Å²) in [6, 6.07) is 1.92. The van der Waals surface area contributed by atoms with Gasteiger partial charge >= 0.3 is 12.4 Å². The molecule has 0 radical (unpaired) electrons. The molecular formula is C17H15F6N3O2. The Hall–Kier alpha value is -2.85. The van der Waals surface area contributed by atoms with E-state index in [4.69, 9.17) is 0 Å². The Balaban J connectivity index is 2.27. The quantitative estimate of drug-likeness (QED) is 0.778. The number of carbonyl (C=O) groups is 1. The number of benzene rings is 1. The summed E-state index contributed by atoms with van der Waals surface area (Å²) in [5.41, 5.74) is -3.90. The van der Waals surface area contributed by atoms with E-state index < -0.39 is 47.2 Å². The zero-order chi connectivity index (χ0) is 21.3. The Kier molecular flexibility index (Phi) is 5.86. The first kappa shape index (κ1) is 21.5. The molecule has 152 valence electrons. The Morgan fingerprint density at radius 1 is 1.04 bits per heavy atom. The van der Waals surface area contributed by atoms with Crippen LogP contribution in [0.1, 0.15) is 36.6 Å². The second-order valence-corrected chi connectivity index (χ2v) is 6.28. The topological polar surface area (TPSA) is 64.0 Å². The lowest BCUT2D eigenvalue weighted by Gasteiger charge is -2.15. The summed E-state index contributed by atoms with van der Waals surface area (Å²) in [6.07, 6.45) is -8.98. The van der Waals surface area contributed by atoms with Crippen molar-refractivity contribution in [2.75, 3.05) is 5.32 Å². The standard InChI is InChI=1S/C17H15F6N3O2/c1-9(2)13-6-15(28)26(8-24-13)7-14(27)25-12-4-10(16(18,19)20)3-11(5-12)17(21,22)23/h3-6,8-9H,7H2,1-2H3,(H,25,27). The number of rotatable bonds is 4. The molecule has 2 rings (SSSR count). The molecule has 1 aromatic heterocycles. The molecule has 0 spiro atoms. The summed E-state index contributed by atoms with van der Waals surface area (Å²) >= 11 is 0. The van der Waals surface area contributed by atoms with Crippen LogP contribution < -0.4 is 10.9 Å². The zero-order valence-electron chi connectivity index (χ0n) is 14.6. The van der Waals surface area contributed by atoms with Gasteiger partial charge in [-0.1, -0.05) is 13.8 Å². The van der Waals surface area contributed by atoms with Crippen molar-refractivity contribution in [2.45, 2.75) is 38.7 Å². The fraction of sp³-hybridized carbons (Fsp3) is 0.353. The van der Waals surface area contributed by atoms with Gasteiger partial charge in [-0.15, -0.1) is 0 Å². The second kappa shape index (κ2) is 7.64. The molecule has 1 amide bonds. The molecule has 2 aromatic rings. The number of hydrogen-bond donors (Lipinski definition) is 1. The van der Waals surface area contributed by atoms with Gasteiger partial charge in [-0.25, -0.2) is 4.98 Å². The lowest BCUT2D eigenvalue weighted by molar-refractivity contribution is -0.143. The van der Waals surface area contributed by atoms with Crippen LogP contribution in [0.3, 0.4) is 0 Å². The predicted octanol–water partition coefficient (Wildman–Crippen LogP) is 4.04. The van der Waals surface area contributed by atoms with Gasteiger partial charge in [0, 0.05) is 11.8 Å². The van der Waals surface area contributed by atoms with E-state index in [0.717, 1.165) is 10.9 Å². The molecule has 0 unspecified atom stereocenters. The fourth-order valence-corrected chi connectivity index (χ4v) is 2.26. The zero-order valence-corrected chi connectivity index (χ0v) is 14.6. The number of anilines is 1. The smallest absolute Gasteiger partial charge is 0.325 e. The lowest BCUT2D eigenvalue weighted by Crippen LogP contribution is -2.28. The van der Waals surface area contributed by atoms with Crippen LogP contribution in [0, 0.1) is 0 Å². The minimum absolute atomic E-state index is 0.0397. The van der Waals surface area contributed by atoms with Crippen LogP contribution in [0.15, 0.2) is 35.4 Å². The van der Waals surface area contributed by atoms with Gasteiger partial charge in [0.2, 0.25) is 5.91 Å². The van der Waals surface area contributed by atoms with Crippen molar-refractivity contribution in [1.82, 2.24) is 9.55 Å². The predicted molar refractivity (Wildman–Crippen MR) is 87.7 cm³/mol. The molecule has 0 saturated carbocycles. The summed E-state index contributed by atoms with van der Waals surface area (Å²) < 4.78 is 77.9. The summed E-state index contributed by atoms with van der Waals surface area (Å²) in [6.45, 7) is 2.97. The van der Waals surface area contributed by atoms with E-state index in [1.54, 1.807) is 13.8 Å². The van der Waals surface area contributed by atoms with Gasteiger partial charge in [0.1, 0.15) is 6.54 Å². The van der Waals surface area contributed by atoms with Crippen molar-refractivity contribution in [1.29, 1.82) is 0 Å². The SMILES string of the molecule is CC(C)c1cc(=O)n(CC(=O)Nc2cc(C(F)(F)F)cc(C(F)(F)F)c2)cn1. The normalized spacial score (nSPS) is 12.3. The molecule has 0 atom stereocenters. The lowest BCUT2D eigenvalue weighted by atomic mass is 10.1. The van der Waals surface area contributed by atoms with Crippen molar-refractivity contribution >= 4 is 11.6 Å². The number of hydrogen-bond acceptors (Lipinski definition) is 3. The van der Waals surface area contributed by atoms with Crippen LogP contribution in [-0.2, 0) is 23.7 Å². The van der Waals surface area contributed by atoms with Gasteiger partial charge in [-0.2, -0.15) is 26.3 Å². The van der Waals surface area contributed by atoms with Gasteiger partial charge in [-0.3, -0.25) is 14.2 Å². The van der Waals surface area contributed by atoms with E-state index >= 15 is 0 Å². The van der Waals surface area contributed by atoms with Gasteiger partial charge in [0.05, 0.1) is 23.1 Å². The van der Waals surface area contributed by atoms with Crippen LogP contribution in [0.25, 0.3) is 0 Å². The van der Waals surface area contributed by atoms with Crippen LogP contribution in [0.2, 0.25) is 0 Å². The maximum atomic E-state index is 12.8. The summed E-state index contributed by atoms with van der Waals surface area (Å²) in [4.78, 5) is 27.9. The van der Waals surface area contributed by atoms with Crippen molar-refractivity contribution in [3.8, 4) is 0 Å². The molecule has 28 heavy (non-hydrogen) atoms. The van der Waals surface area contributed by atoms with E-state index in [0.29, 0.717) is 17.8 Å². The van der Waals surface area contributed by atoms with Crippen LogP contribution >= 0.6 is 0 Å². The number of aromatic nitrogens is 2. The van der Waals surface area contributed by atoms with Crippen LogP contribution in [0.5, 0.6) is 0 Å². The number of nitrogens with zero attached hydrogens (tertiary/aromatic N) is 2. The number of alkyl halides is 6. The summed E-state index contributed by atoms with van der Waals surface area (Å²) in [7, 11) is 0. The fourth-order valence-electron chi connectivity index (χ4n) is 2.26. The third-order valence-electron chi connectivity index (χ3n) is 3.68. The molecule has 0 fully saturated rings. The molecule has 1 aromatic carbocycles. The number of halogens is 6. The highest BCUT2D eigenvalue weighted by Gasteiger charge is 2.37. The van der Waals surface area contributed by atoms with E-state index in [9.17, 15) is 35.9 Å². The first-order chi connectivity index (χ1) is 12.8. The highest BCUT2D eigenvalue weighted by molar-refractivity contribution is 5.90. The third kappa shape index (κ3) is 5.33. The Bertz CT molecular complexity index is 899. The number of amides is 1.